The van der Waals surface area contributed by atoms with Gasteiger partial charge in [0.05, 0.1) is 24.8 Å². The summed E-state index contributed by atoms with van der Waals surface area (Å²) >= 11 is 0. The van der Waals surface area contributed by atoms with E-state index in [-0.39, 0.29) is 17.9 Å². The Labute approximate surface area is 192 Å². The molecular weight excluding hydrogens is 414 g/mol. The Balaban J connectivity index is 1.58. The van der Waals surface area contributed by atoms with Gasteiger partial charge in [-0.25, -0.2) is 14.9 Å². The van der Waals surface area contributed by atoms with Crippen molar-refractivity contribution in [3.05, 3.63) is 96.1 Å². The summed E-state index contributed by atoms with van der Waals surface area (Å²) < 4.78 is 5.35. The molecule has 0 N–H and O–H groups in total. The predicted octanol–water partition coefficient (Wildman–Crippen LogP) is 3.76. The third-order valence-electron chi connectivity index (χ3n) is 7.26. The van der Waals surface area contributed by atoms with Crippen LogP contribution in [-0.4, -0.2) is 42.0 Å². The SMILES string of the molecule is COc1ccc([C@@H]2[C@@H]3C(=O)N(c4ccccc4)C(=O)[C@@]3(c3ccccc3)N3CCCN23)cc1. The Hall–Kier alpha value is -3.48. The molecule has 0 aromatic heterocycles. The third kappa shape index (κ3) is 2.68. The van der Waals surface area contributed by atoms with Crippen LogP contribution in [0.5, 0.6) is 5.75 Å². The van der Waals surface area contributed by atoms with Crippen LogP contribution in [0.25, 0.3) is 0 Å². The number of amides is 2. The molecule has 0 unspecified atom stereocenters. The fraction of sp³-hybridized carbons (Fsp3) is 0.259. The highest BCUT2D eigenvalue weighted by molar-refractivity contribution is 6.26. The molecule has 3 aromatic carbocycles. The van der Waals surface area contributed by atoms with Crippen molar-refractivity contribution in [1.29, 1.82) is 0 Å². The minimum absolute atomic E-state index is 0.148. The van der Waals surface area contributed by atoms with Crippen molar-refractivity contribution in [2.75, 3.05) is 25.1 Å². The van der Waals surface area contributed by atoms with Gasteiger partial charge in [0.15, 0.2) is 5.54 Å². The number of methoxy groups -OCH3 is 1. The molecule has 0 saturated carbocycles. The topological polar surface area (TPSA) is 53.1 Å². The number of hydrogen-bond acceptors (Lipinski definition) is 5. The Bertz CT molecular complexity index is 1200. The molecule has 2 amide bonds. The summed E-state index contributed by atoms with van der Waals surface area (Å²) in [6.45, 7) is 1.55. The predicted molar refractivity (Wildman–Crippen MR) is 124 cm³/mol. The fourth-order valence-electron chi connectivity index (χ4n) is 5.96. The van der Waals surface area contributed by atoms with E-state index < -0.39 is 11.5 Å². The van der Waals surface area contributed by atoms with Crippen molar-refractivity contribution < 1.29 is 14.3 Å². The lowest BCUT2D eigenvalue weighted by molar-refractivity contribution is -0.134. The van der Waals surface area contributed by atoms with Gasteiger partial charge in [0, 0.05) is 13.1 Å². The van der Waals surface area contributed by atoms with Crippen LogP contribution >= 0.6 is 0 Å². The van der Waals surface area contributed by atoms with Crippen LogP contribution in [0.1, 0.15) is 23.6 Å². The minimum atomic E-state index is -1.06. The largest absolute Gasteiger partial charge is 0.497 e. The van der Waals surface area contributed by atoms with Gasteiger partial charge in [0.25, 0.3) is 5.91 Å². The van der Waals surface area contributed by atoms with Crippen molar-refractivity contribution in [3.63, 3.8) is 0 Å². The van der Waals surface area contributed by atoms with Crippen LogP contribution in [0, 0.1) is 5.92 Å². The highest BCUT2D eigenvalue weighted by Gasteiger charge is 2.73. The number of carbonyl (C=O) groups is 2. The monoisotopic (exact) mass is 439 g/mol. The zero-order valence-corrected chi connectivity index (χ0v) is 18.4. The van der Waals surface area contributed by atoms with Crippen molar-refractivity contribution in [1.82, 2.24) is 10.0 Å². The second kappa shape index (κ2) is 7.54. The van der Waals surface area contributed by atoms with Gasteiger partial charge in [-0.1, -0.05) is 60.7 Å². The first-order valence-electron chi connectivity index (χ1n) is 11.3. The van der Waals surface area contributed by atoms with Crippen LogP contribution in [0.15, 0.2) is 84.9 Å². The lowest BCUT2D eigenvalue weighted by Crippen LogP contribution is -2.52. The summed E-state index contributed by atoms with van der Waals surface area (Å²) in [5.41, 5.74) is 1.45. The molecule has 6 heteroatoms. The van der Waals surface area contributed by atoms with Crippen LogP contribution in [-0.2, 0) is 15.1 Å². The molecular formula is C27H25N3O3. The molecule has 166 valence electrons. The summed E-state index contributed by atoms with van der Waals surface area (Å²) in [5, 5.41) is 4.42. The zero-order chi connectivity index (χ0) is 22.6. The number of imide groups is 1. The number of benzene rings is 3. The first-order chi connectivity index (χ1) is 16.2. The Morgan fingerprint density at radius 1 is 0.848 bits per heavy atom. The van der Waals surface area contributed by atoms with Crippen molar-refractivity contribution in [2.24, 2.45) is 5.92 Å². The summed E-state index contributed by atoms with van der Waals surface area (Å²) in [4.78, 5) is 29.9. The number of anilines is 1. The maximum atomic E-state index is 14.4. The van der Waals surface area contributed by atoms with E-state index in [1.54, 1.807) is 7.11 Å². The van der Waals surface area contributed by atoms with Crippen LogP contribution < -0.4 is 9.64 Å². The smallest absolute Gasteiger partial charge is 0.261 e. The quantitative estimate of drug-likeness (QED) is 0.580. The summed E-state index contributed by atoms with van der Waals surface area (Å²) in [6, 6.07) is 26.8. The molecule has 0 aliphatic carbocycles. The summed E-state index contributed by atoms with van der Waals surface area (Å²) in [6.07, 6.45) is 0.945. The van der Waals surface area contributed by atoms with Crippen molar-refractivity contribution >= 4 is 17.5 Å². The van der Waals surface area contributed by atoms with E-state index in [1.165, 1.54) is 4.90 Å². The van der Waals surface area contributed by atoms with E-state index in [0.29, 0.717) is 5.69 Å². The van der Waals surface area contributed by atoms with Crippen LogP contribution in [0.4, 0.5) is 5.69 Å². The van der Waals surface area contributed by atoms with Gasteiger partial charge in [0.2, 0.25) is 5.91 Å². The standard InChI is InChI=1S/C27H25N3O3/c1-33-22-15-13-19(14-16-22)24-23-25(31)30(21-11-6-3-7-12-21)26(32)27(23,20-9-4-2-5-10-20)29-18-8-17-28(24)29/h2-7,9-16,23-24H,8,17-18H2,1H3/t23-,24-,27+/m1/s1. The van der Waals surface area contributed by atoms with Gasteiger partial charge < -0.3 is 4.74 Å². The van der Waals surface area contributed by atoms with Gasteiger partial charge in [-0.05, 0) is 41.8 Å². The number of hydrazine groups is 1. The zero-order valence-electron chi connectivity index (χ0n) is 18.4. The molecule has 3 fully saturated rings. The maximum absolute atomic E-state index is 14.4. The van der Waals surface area contributed by atoms with Crippen molar-refractivity contribution in [2.45, 2.75) is 18.0 Å². The first-order valence-corrected chi connectivity index (χ1v) is 11.3. The van der Waals surface area contributed by atoms with E-state index in [2.05, 4.69) is 10.0 Å². The molecule has 0 bridgehead atoms. The molecule has 3 aromatic rings. The van der Waals surface area contributed by atoms with Crippen LogP contribution in [0.3, 0.4) is 0 Å². The lowest BCUT2D eigenvalue weighted by Gasteiger charge is -2.36. The molecule has 3 aliphatic heterocycles. The van der Waals surface area contributed by atoms with Gasteiger partial charge in [-0.15, -0.1) is 0 Å². The second-order valence-corrected chi connectivity index (χ2v) is 8.78. The average molecular weight is 440 g/mol. The third-order valence-corrected chi connectivity index (χ3v) is 7.26. The first kappa shape index (κ1) is 20.1. The highest BCUT2D eigenvalue weighted by atomic mass is 16.5. The Kier molecular flexibility index (Phi) is 4.60. The highest BCUT2D eigenvalue weighted by Crippen LogP contribution is 2.59. The number of fused-ring (bicyclic) bond motifs is 3. The number of ether oxygens (including phenoxy) is 1. The maximum Gasteiger partial charge on any atom is 0.261 e. The van der Waals surface area contributed by atoms with E-state index in [1.807, 2.05) is 84.9 Å². The van der Waals surface area contributed by atoms with E-state index in [4.69, 9.17) is 4.74 Å². The number of nitrogens with zero attached hydrogens (tertiary/aromatic N) is 3. The number of hydrogen-bond donors (Lipinski definition) is 0. The molecule has 0 radical (unpaired) electrons. The Morgan fingerprint density at radius 2 is 1.52 bits per heavy atom. The van der Waals surface area contributed by atoms with Gasteiger partial charge >= 0.3 is 0 Å². The molecule has 3 atom stereocenters. The summed E-state index contributed by atoms with van der Waals surface area (Å²) in [5.74, 6) is -0.103. The van der Waals surface area contributed by atoms with Gasteiger partial charge in [-0.3, -0.25) is 9.59 Å². The molecule has 33 heavy (non-hydrogen) atoms. The second-order valence-electron chi connectivity index (χ2n) is 8.78. The molecule has 6 nitrogen and oxygen atoms in total. The Morgan fingerprint density at radius 3 is 2.18 bits per heavy atom. The molecule has 3 aliphatic rings. The average Bonchev–Trinajstić information content (AvgIpc) is 3.51. The van der Waals surface area contributed by atoms with Gasteiger partial charge in [-0.2, -0.15) is 0 Å². The fourth-order valence-corrected chi connectivity index (χ4v) is 5.96. The van der Waals surface area contributed by atoms with E-state index in [9.17, 15) is 9.59 Å². The van der Waals surface area contributed by atoms with E-state index in [0.717, 1.165) is 36.4 Å². The molecule has 3 saturated heterocycles. The lowest BCUT2D eigenvalue weighted by atomic mass is 9.75. The van der Waals surface area contributed by atoms with Crippen molar-refractivity contribution in [3.8, 4) is 5.75 Å². The molecule has 3 heterocycles. The van der Waals surface area contributed by atoms with E-state index >= 15 is 0 Å². The number of carbonyl (C=O) groups excluding carboxylic acids is 2. The van der Waals surface area contributed by atoms with Gasteiger partial charge in [0.1, 0.15) is 5.75 Å². The summed E-state index contributed by atoms with van der Waals surface area (Å²) in [7, 11) is 1.64. The number of rotatable bonds is 4. The normalized spacial score (nSPS) is 27.1. The number of para-hydroxylation sites is 1. The molecule has 0 spiro atoms. The molecule has 6 rings (SSSR count). The minimum Gasteiger partial charge on any atom is -0.497 e. The van der Waals surface area contributed by atoms with Crippen LogP contribution in [0.2, 0.25) is 0 Å².